The molecular formula is C9H15N3O3S. The summed E-state index contributed by atoms with van der Waals surface area (Å²) in [6.45, 7) is 1.92. The van der Waals surface area contributed by atoms with Crippen molar-refractivity contribution in [3.63, 3.8) is 0 Å². The molecule has 6 nitrogen and oxygen atoms in total. The zero-order valence-corrected chi connectivity index (χ0v) is 10.3. The molecule has 0 bridgehead atoms. The number of rotatable bonds is 4. The van der Waals surface area contributed by atoms with Gasteiger partial charge >= 0.3 is 0 Å². The molecule has 1 heterocycles. The molecule has 90 valence electrons. The second kappa shape index (κ2) is 4.65. The Morgan fingerprint density at radius 2 is 2.19 bits per heavy atom. The molecule has 0 fully saturated rings. The van der Waals surface area contributed by atoms with Gasteiger partial charge in [0.25, 0.3) is 5.91 Å². The predicted octanol–water partition coefficient (Wildman–Crippen LogP) is -0.165. The Balaban J connectivity index is 2.66. The van der Waals surface area contributed by atoms with Gasteiger partial charge in [0.05, 0.1) is 17.5 Å². The Kier molecular flexibility index (Phi) is 3.69. The van der Waals surface area contributed by atoms with Crippen LogP contribution in [-0.2, 0) is 9.84 Å². The first-order valence-electron chi connectivity index (χ1n) is 4.74. The van der Waals surface area contributed by atoms with Gasteiger partial charge in [0.1, 0.15) is 9.84 Å². The Hall–Kier alpha value is -1.37. The van der Waals surface area contributed by atoms with E-state index in [2.05, 4.69) is 10.2 Å². The fraction of sp³-hybridized carbons (Fsp3) is 0.556. The summed E-state index contributed by atoms with van der Waals surface area (Å²) in [4.78, 5) is 13.2. The highest BCUT2D eigenvalue weighted by molar-refractivity contribution is 7.90. The predicted molar refractivity (Wildman–Crippen MR) is 60.0 cm³/mol. The minimum Gasteiger partial charge on any atom is -0.341 e. The normalized spacial score (nSPS) is 11.4. The molecule has 1 amide bonds. The Morgan fingerprint density at radius 1 is 1.56 bits per heavy atom. The molecule has 1 N–H and O–H groups in total. The van der Waals surface area contributed by atoms with Crippen LogP contribution in [0.1, 0.15) is 16.1 Å². The first-order valence-corrected chi connectivity index (χ1v) is 6.80. The van der Waals surface area contributed by atoms with E-state index in [-0.39, 0.29) is 18.2 Å². The van der Waals surface area contributed by atoms with Crippen molar-refractivity contribution in [3.05, 3.63) is 17.5 Å². The number of carbonyl (C=O) groups excluding carboxylic acids is 1. The number of carbonyl (C=O) groups is 1. The highest BCUT2D eigenvalue weighted by Crippen LogP contribution is 2.06. The lowest BCUT2D eigenvalue weighted by molar-refractivity contribution is 0.0803. The summed E-state index contributed by atoms with van der Waals surface area (Å²) in [5.41, 5.74) is 1.15. The summed E-state index contributed by atoms with van der Waals surface area (Å²) in [6.07, 6.45) is 2.59. The molecule has 0 aliphatic heterocycles. The largest absolute Gasteiger partial charge is 0.341 e. The van der Waals surface area contributed by atoms with Crippen molar-refractivity contribution in [2.45, 2.75) is 6.92 Å². The lowest BCUT2D eigenvalue weighted by Crippen LogP contribution is -2.31. The number of aromatic amines is 1. The minimum absolute atomic E-state index is 0.0356. The van der Waals surface area contributed by atoms with Gasteiger partial charge in [0.15, 0.2) is 0 Å². The zero-order valence-electron chi connectivity index (χ0n) is 9.52. The van der Waals surface area contributed by atoms with E-state index in [0.29, 0.717) is 11.3 Å². The number of nitrogens with zero attached hydrogens (tertiary/aromatic N) is 2. The third-order valence-electron chi connectivity index (χ3n) is 2.20. The lowest BCUT2D eigenvalue weighted by atomic mass is 10.2. The van der Waals surface area contributed by atoms with Gasteiger partial charge in [-0.3, -0.25) is 9.89 Å². The molecule has 16 heavy (non-hydrogen) atoms. The SMILES string of the molecule is Cc1[nH]ncc1C(=O)N(C)CCS(C)(=O)=O. The van der Waals surface area contributed by atoms with Gasteiger partial charge in [-0.1, -0.05) is 0 Å². The van der Waals surface area contributed by atoms with E-state index in [4.69, 9.17) is 0 Å². The molecule has 1 aromatic heterocycles. The van der Waals surface area contributed by atoms with E-state index < -0.39 is 9.84 Å². The summed E-state index contributed by atoms with van der Waals surface area (Å²) in [6, 6.07) is 0. The standard InChI is InChI=1S/C9H15N3O3S/c1-7-8(6-10-11-7)9(13)12(2)4-5-16(3,14)15/h6H,4-5H2,1-3H3,(H,10,11). The molecular weight excluding hydrogens is 230 g/mol. The summed E-state index contributed by atoms with van der Waals surface area (Å²) in [5, 5.41) is 6.40. The van der Waals surface area contributed by atoms with Crippen LogP contribution in [0, 0.1) is 6.92 Å². The maximum absolute atomic E-state index is 11.8. The van der Waals surface area contributed by atoms with Gasteiger partial charge in [0, 0.05) is 25.5 Å². The Labute approximate surface area is 94.6 Å². The molecule has 0 aliphatic carbocycles. The second-order valence-electron chi connectivity index (χ2n) is 3.77. The Bertz CT molecular complexity index is 478. The van der Waals surface area contributed by atoms with Crippen LogP contribution in [0.25, 0.3) is 0 Å². The molecule has 0 atom stereocenters. The highest BCUT2D eigenvalue weighted by atomic mass is 32.2. The Morgan fingerprint density at radius 3 is 2.62 bits per heavy atom. The topological polar surface area (TPSA) is 83.1 Å². The summed E-state index contributed by atoms with van der Waals surface area (Å²) < 4.78 is 21.9. The summed E-state index contributed by atoms with van der Waals surface area (Å²) >= 11 is 0. The van der Waals surface area contributed by atoms with Gasteiger partial charge in [0.2, 0.25) is 0 Å². The molecule has 0 saturated carbocycles. The van der Waals surface area contributed by atoms with E-state index in [9.17, 15) is 13.2 Å². The van der Waals surface area contributed by atoms with E-state index in [1.54, 1.807) is 14.0 Å². The molecule has 0 aliphatic rings. The quantitative estimate of drug-likeness (QED) is 0.798. The van der Waals surface area contributed by atoms with Crippen molar-refractivity contribution in [3.8, 4) is 0 Å². The summed E-state index contributed by atoms with van der Waals surface area (Å²) in [7, 11) is -1.48. The lowest BCUT2D eigenvalue weighted by Gasteiger charge is -2.15. The van der Waals surface area contributed by atoms with Gasteiger partial charge in [-0.2, -0.15) is 5.10 Å². The smallest absolute Gasteiger partial charge is 0.257 e. The maximum Gasteiger partial charge on any atom is 0.257 e. The summed E-state index contributed by atoms with van der Waals surface area (Å²) in [5.74, 6) is -0.263. The van der Waals surface area contributed by atoms with Crippen LogP contribution in [0.4, 0.5) is 0 Å². The van der Waals surface area contributed by atoms with Gasteiger partial charge in [-0.25, -0.2) is 8.42 Å². The number of aromatic nitrogens is 2. The second-order valence-corrected chi connectivity index (χ2v) is 6.03. The van der Waals surface area contributed by atoms with Crippen molar-refractivity contribution >= 4 is 15.7 Å². The molecule has 1 aromatic rings. The molecule has 1 rings (SSSR count). The zero-order chi connectivity index (χ0) is 12.3. The molecule has 7 heteroatoms. The molecule has 0 spiro atoms. The van der Waals surface area contributed by atoms with Crippen LogP contribution in [0.2, 0.25) is 0 Å². The third kappa shape index (κ3) is 3.34. The van der Waals surface area contributed by atoms with E-state index in [0.717, 1.165) is 6.26 Å². The van der Waals surface area contributed by atoms with Gasteiger partial charge in [-0.05, 0) is 6.92 Å². The van der Waals surface area contributed by atoms with Crippen molar-refractivity contribution < 1.29 is 13.2 Å². The number of nitrogens with one attached hydrogen (secondary N) is 1. The van der Waals surface area contributed by atoms with E-state index >= 15 is 0 Å². The van der Waals surface area contributed by atoms with Crippen LogP contribution >= 0.6 is 0 Å². The molecule has 0 radical (unpaired) electrons. The number of hydrogen-bond donors (Lipinski definition) is 1. The maximum atomic E-state index is 11.8. The third-order valence-corrected chi connectivity index (χ3v) is 3.13. The number of sulfone groups is 1. The first kappa shape index (κ1) is 12.7. The van der Waals surface area contributed by atoms with Crippen LogP contribution in [-0.4, -0.2) is 55.0 Å². The minimum atomic E-state index is -3.05. The number of aryl methyl sites for hydroxylation is 1. The fourth-order valence-electron chi connectivity index (χ4n) is 1.18. The number of hydrogen-bond acceptors (Lipinski definition) is 4. The molecule has 0 aromatic carbocycles. The van der Waals surface area contributed by atoms with Gasteiger partial charge < -0.3 is 4.90 Å². The van der Waals surface area contributed by atoms with Crippen molar-refractivity contribution in [2.75, 3.05) is 25.6 Å². The fourth-order valence-corrected chi connectivity index (χ4v) is 1.78. The van der Waals surface area contributed by atoms with Crippen molar-refractivity contribution in [1.29, 1.82) is 0 Å². The van der Waals surface area contributed by atoms with Crippen molar-refractivity contribution in [2.24, 2.45) is 0 Å². The van der Waals surface area contributed by atoms with Gasteiger partial charge in [-0.15, -0.1) is 0 Å². The van der Waals surface area contributed by atoms with Crippen LogP contribution in [0.15, 0.2) is 6.20 Å². The average molecular weight is 245 g/mol. The monoisotopic (exact) mass is 245 g/mol. The van der Waals surface area contributed by atoms with Crippen LogP contribution in [0.3, 0.4) is 0 Å². The first-order chi connectivity index (χ1) is 7.31. The van der Waals surface area contributed by atoms with Crippen molar-refractivity contribution in [1.82, 2.24) is 15.1 Å². The van der Waals surface area contributed by atoms with E-state index in [1.807, 2.05) is 0 Å². The highest BCUT2D eigenvalue weighted by Gasteiger charge is 2.16. The van der Waals surface area contributed by atoms with Crippen LogP contribution in [0.5, 0.6) is 0 Å². The number of amides is 1. The molecule has 0 saturated heterocycles. The average Bonchev–Trinajstić information content (AvgIpc) is 2.58. The van der Waals surface area contributed by atoms with E-state index in [1.165, 1.54) is 11.1 Å². The molecule has 0 unspecified atom stereocenters. The van der Waals surface area contributed by atoms with Crippen LogP contribution < -0.4 is 0 Å². The number of H-pyrrole nitrogens is 1.